The van der Waals surface area contributed by atoms with E-state index in [0.29, 0.717) is 5.56 Å². The van der Waals surface area contributed by atoms with Crippen LogP contribution < -0.4 is 21.7 Å². The number of nitrogens with one attached hydrogen (secondary N) is 3. The van der Waals surface area contributed by atoms with Crippen LogP contribution in [0.3, 0.4) is 0 Å². The summed E-state index contributed by atoms with van der Waals surface area (Å²) >= 11 is 0. The molecule has 1 aromatic carbocycles. The summed E-state index contributed by atoms with van der Waals surface area (Å²) in [5.41, 5.74) is 10.3. The molecule has 2 heterocycles. The Kier molecular flexibility index (Phi) is 10.9. The van der Waals surface area contributed by atoms with Gasteiger partial charge in [-0.05, 0) is 43.7 Å². The van der Waals surface area contributed by atoms with E-state index >= 15 is 0 Å². The molecule has 0 amide bonds. The van der Waals surface area contributed by atoms with E-state index in [1.54, 1.807) is 25.5 Å². The van der Waals surface area contributed by atoms with Crippen LogP contribution in [0.5, 0.6) is 0 Å². The number of aliphatic imine (C=N–C) groups is 1. The zero-order valence-corrected chi connectivity index (χ0v) is 19.4. The van der Waals surface area contributed by atoms with Gasteiger partial charge in [0.25, 0.3) is 0 Å². The molecule has 7 heteroatoms. The minimum atomic E-state index is 0.258. The van der Waals surface area contributed by atoms with E-state index in [-0.39, 0.29) is 6.04 Å². The van der Waals surface area contributed by atoms with E-state index in [0.717, 1.165) is 48.7 Å². The monoisotopic (exact) mass is 443 g/mol. The van der Waals surface area contributed by atoms with Crippen LogP contribution >= 0.6 is 0 Å². The summed E-state index contributed by atoms with van der Waals surface area (Å²) in [7, 11) is 1.72. The molecule has 1 unspecified atom stereocenters. The summed E-state index contributed by atoms with van der Waals surface area (Å²) in [5.74, 6) is 0.846. The van der Waals surface area contributed by atoms with Gasteiger partial charge in [0, 0.05) is 49.9 Å². The van der Waals surface area contributed by atoms with Crippen LogP contribution in [0.4, 0.5) is 11.5 Å². The number of fused-ring (bicyclic) bond motifs is 1. The molecule has 0 bridgehead atoms. The molecule has 0 fully saturated rings. The molecular formula is C26H33N7. The second-order valence-corrected chi connectivity index (χ2v) is 7.38. The van der Waals surface area contributed by atoms with Crippen LogP contribution in [0.15, 0.2) is 72.5 Å². The number of hydrogen-bond acceptors (Lipinski definition) is 7. The minimum absolute atomic E-state index is 0.258. The zero-order chi connectivity index (χ0) is 23.9. The first-order valence-electron chi connectivity index (χ1n) is 10.9. The van der Waals surface area contributed by atoms with Crippen LogP contribution in [0, 0.1) is 11.3 Å². The van der Waals surface area contributed by atoms with Crippen molar-refractivity contribution >= 4 is 23.3 Å². The highest BCUT2D eigenvalue weighted by Gasteiger charge is 2.18. The maximum absolute atomic E-state index is 8.84. The van der Waals surface area contributed by atoms with Gasteiger partial charge in [0.2, 0.25) is 0 Å². The number of allylic oxidation sites excluding steroid dienone is 4. The van der Waals surface area contributed by atoms with E-state index in [1.165, 1.54) is 11.8 Å². The summed E-state index contributed by atoms with van der Waals surface area (Å²) in [6.07, 6.45) is 11.6. The molecule has 0 radical (unpaired) electrons. The quantitative estimate of drug-likeness (QED) is 0.281. The number of nitrogens with zero attached hydrogens (tertiary/aromatic N) is 3. The largest absolute Gasteiger partial charge is 0.404 e. The van der Waals surface area contributed by atoms with Gasteiger partial charge in [-0.3, -0.25) is 4.99 Å². The van der Waals surface area contributed by atoms with Crippen molar-refractivity contribution in [1.82, 2.24) is 10.3 Å². The third-order valence-corrected chi connectivity index (χ3v) is 4.94. The summed E-state index contributed by atoms with van der Waals surface area (Å²) in [4.78, 5) is 8.55. The number of anilines is 2. The fraction of sp³-hybridized carbons (Fsp3) is 0.269. The number of benzene rings is 1. The van der Waals surface area contributed by atoms with Gasteiger partial charge < -0.3 is 21.7 Å². The van der Waals surface area contributed by atoms with Crippen LogP contribution in [-0.2, 0) is 6.42 Å². The smallest absolute Gasteiger partial charge is 0.149 e. The fourth-order valence-electron chi connectivity index (χ4n) is 3.22. The van der Waals surface area contributed by atoms with Gasteiger partial charge in [-0.25, -0.2) is 4.98 Å². The number of hydrogen-bond donors (Lipinski definition) is 4. The Bertz CT molecular complexity index is 1010. The van der Waals surface area contributed by atoms with E-state index in [4.69, 9.17) is 11.0 Å². The third kappa shape index (κ3) is 8.28. The molecule has 0 spiro atoms. The molecule has 7 nitrogen and oxygen atoms in total. The summed E-state index contributed by atoms with van der Waals surface area (Å²) in [5, 5.41) is 19.2. The maximum atomic E-state index is 8.84. The van der Waals surface area contributed by atoms with Gasteiger partial charge in [0.1, 0.15) is 5.82 Å². The Morgan fingerprint density at radius 2 is 2.18 bits per heavy atom. The van der Waals surface area contributed by atoms with Gasteiger partial charge in [-0.15, -0.1) is 0 Å². The van der Waals surface area contributed by atoms with Gasteiger partial charge in [-0.2, -0.15) is 5.26 Å². The summed E-state index contributed by atoms with van der Waals surface area (Å²) < 4.78 is 0. The van der Waals surface area contributed by atoms with Crippen molar-refractivity contribution in [3.63, 3.8) is 0 Å². The maximum Gasteiger partial charge on any atom is 0.149 e. The Balaban J connectivity index is 0.000000696. The molecule has 33 heavy (non-hydrogen) atoms. The average Bonchev–Trinajstić information content (AvgIpc) is 2.86. The highest BCUT2D eigenvalue weighted by Crippen LogP contribution is 2.26. The Morgan fingerprint density at radius 1 is 1.39 bits per heavy atom. The molecule has 0 saturated carbocycles. The highest BCUT2D eigenvalue weighted by molar-refractivity contribution is 6.09. The van der Waals surface area contributed by atoms with Crippen LogP contribution in [0.1, 0.15) is 23.6 Å². The van der Waals surface area contributed by atoms with Crippen molar-refractivity contribution < 1.29 is 0 Å². The van der Waals surface area contributed by atoms with E-state index in [2.05, 4.69) is 38.6 Å². The zero-order valence-electron chi connectivity index (χ0n) is 19.4. The van der Waals surface area contributed by atoms with Crippen molar-refractivity contribution in [1.29, 1.82) is 5.26 Å². The fourth-order valence-corrected chi connectivity index (χ4v) is 3.22. The van der Waals surface area contributed by atoms with Gasteiger partial charge >= 0.3 is 0 Å². The van der Waals surface area contributed by atoms with Crippen molar-refractivity contribution in [2.45, 2.75) is 19.4 Å². The van der Waals surface area contributed by atoms with Crippen LogP contribution in [-0.4, -0.2) is 43.9 Å². The molecular weight excluding hydrogens is 410 g/mol. The summed E-state index contributed by atoms with van der Waals surface area (Å²) in [6, 6.07) is 12.2. The predicted molar refractivity (Wildman–Crippen MR) is 139 cm³/mol. The minimum Gasteiger partial charge on any atom is -0.404 e. The number of pyridine rings is 1. The standard InChI is InChI=1S/C21H25N7.C5H8/c1-24-11-18(10-23)17-8-20-21(27-12-17)28-19(14-26-20)13-25-7-6-15-2-4-16(9-22)5-3-15;1-3-5-4-2/h2-5,8,10-12,19,25-26H,6-7,13-14,23H2,1H3,(H,27,28);3-5H,1H2,2H3/b18-10+,24-11?;5-4-. The SMILES string of the molecule is C=C/C=C\C.CN=C/C(=C\N)c1cnc2c(c1)NCC(CNCCc1ccc(C#N)cc1)N2. The van der Waals surface area contributed by atoms with Crippen molar-refractivity contribution in [3.8, 4) is 6.07 Å². The molecule has 5 N–H and O–H groups in total. The first-order valence-corrected chi connectivity index (χ1v) is 10.9. The second-order valence-electron chi connectivity index (χ2n) is 7.38. The average molecular weight is 444 g/mol. The molecule has 3 rings (SSSR count). The third-order valence-electron chi connectivity index (χ3n) is 4.94. The normalized spacial score (nSPS) is 15.1. The highest BCUT2D eigenvalue weighted by atomic mass is 15.1. The van der Waals surface area contributed by atoms with E-state index in [1.807, 2.05) is 49.4 Å². The molecule has 172 valence electrons. The second kappa shape index (κ2) is 14.2. The lowest BCUT2D eigenvalue weighted by Crippen LogP contribution is -2.42. The first kappa shape index (κ1) is 25.4. The number of nitriles is 1. The molecule has 0 saturated heterocycles. The van der Waals surface area contributed by atoms with Crippen LogP contribution in [0.25, 0.3) is 5.57 Å². The Morgan fingerprint density at radius 3 is 2.79 bits per heavy atom. The summed E-state index contributed by atoms with van der Waals surface area (Å²) in [6.45, 7) is 7.95. The molecule has 1 aliphatic heterocycles. The molecule has 0 aliphatic carbocycles. The molecule has 1 aliphatic rings. The molecule has 1 atom stereocenters. The lowest BCUT2D eigenvalue weighted by atomic mass is 10.1. The lowest BCUT2D eigenvalue weighted by molar-refractivity contribution is 0.610. The van der Waals surface area contributed by atoms with Gasteiger partial charge in [-0.1, -0.05) is 36.9 Å². The van der Waals surface area contributed by atoms with Gasteiger partial charge in [0.05, 0.1) is 23.4 Å². The number of rotatable bonds is 8. The van der Waals surface area contributed by atoms with Gasteiger partial charge in [0.15, 0.2) is 0 Å². The predicted octanol–water partition coefficient (Wildman–Crippen LogP) is 3.74. The first-order chi connectivity index (χ1) is 16.1. The molecule has 2 aromatic rings. The Hall–Kier alpha value is -3.89. The lowest BCUT2D eigenvalue weighted by Gasteiger charge is -2.28. The Labute approximate surface area is 196 Å². The number of aromatic nitrogens is 1. The van der Waals surface area contributed by atoms with E-state index < -0.39 is 0 Å². The number of nitrogens with two attached hydrogens (primary N) is 1. The van der Waals surface area contributed by atoms with E-state index in [9.17, 15) is 0 Å². The van der Waals surface area contributed by atoms with Crippen molar-refractivity contribution in [2.24, 2.45) is 10.7 Å². The van der Waals surface area contributed by atoms with Crippen LogP contribution in [0.2, 0.25) is 0 Å². The van der Waals surface area contributed by atoms with Crippen molar-refractivity contribution in [2.75, 3.05) is 37.3 Å². The topological polar surface area (TPSA) is 111 Å². The van der Waals surface area contributed by atoms with Crippen molar-refractivity contribution in [3.05, 3.63) is 84.2 Å². The molecule has 1 aromatic heterocycles.